The largest absolute Gasteiger partial charge is 0.494 e. The maximum absolute atomic E-state index is 5.38. The molecule has 0 radical (unpaired) electrons. The fourth-order valence-electron chi connectivity index (χ4n) is 1.15. The molecule has 0 atom stereocenters. The fourth-order valence-corrected chi connectivity index (χ4v) is 1.30. The second-order valence-corrected chi connectivity index (χ2v) is 4.22. The van der Waals surface area contributed by atoms with E-state index in [2.05, 4.69) is 29.2 Å². The van der Waals surface area contributed by atoms with Crippen LogP contribution in [0.25, 0.3) is 0 Å². The lowest BCUT2D eigenvalue weighted by atomic mass is 10.3. The number of hydrogen-bond donors (Lipinski definition) is 2. The molecule has 0 amide bonds. The molecule has 4 nitrogen and oxygen atoms in total. The Morgan fingerprint density at radius 1 is 1.33 bits per heavy atom. The topological polar surface area (TPSA) is 61.3 Å². The van der Waals surface area contributed by atoms with Gasteiger partial charge in [0.1, 0.15) is 11.5 Å². The van der Waals surface area contributed by atoms with E-state index in [0.717, 1.165) is 29.4 Å². The first-order valence-electron chi connectivity index (χ1n) is 5.72. The zero-order valence-electron chi connectivity index (χ0n) is 10.6. The van der Waals surface area contributed by atoms with Gasteiger partial charge >= 0.3 is 0 Å². The quantitative estimate of drug-likeness (QED) is 0.836. The van der Waals surface area contributed by atoms with E-state index in [1.54, 1.807) is 13.0 Å². The van der Waals surface area contributed by atoms with Gasteiger partial charge in [-0.3, -0.25) is 0 Å². The summed E-state index contributed by atoms with van der Waals surface area (Å²) in [4.78, 5) is 0.967. The van der Waals surface area contributed by atoms with Crippen LogP contribution >= 0.6 is 12.6 Å². The van der Waals surface area contributed by atoms with Crippen LogP contribution < -0.4 is 10.5 Å². The first kappa shape index (κ1) is 14.4. The number of aromatic nitrogens is 1. The van der Waals surface area contributed by atoms with Crippen LogP contribution in [0.15, 0.2) is 39.8 Å². The van der Waals surface area contributed by atoms with E-state index in [4.69, 9.17) is 10.5 Å². The molecule has 1 aromatic heterocycles. The Bertz CT molecular complexity index is 438. The van der Waals surface area contributed by atoms with E-state index in [-0.39, 0.29) is 0 Å². The second-order valence-electron chi connectivity index (χ2n) is 3.70. The van der Waals surface area contributed by atoms with Gasteiger partial charge in [-0.1, -0.05) is 12.1 Å². The number of nitrogens with zero attached hydrogens (tertiary/aromatic N) is 1. The van der Waals surface area contributed by atoms with Crippen LogP contribution in [-0.4, -0.2) is 11.8 Å². The van der Waals surface area contributed by atoms with Crippen LogP contribution in [0.2, 0.25) is 0 Å². The van der Waals surface area contributed by atoms with Crippen molar-refractivity contribution in [3.05, 3.63) is 36.1 Å². The van der Waals surface area contributed by atoms with Gasteiger partial charge in [0.15, 0.2) is 5.82 Å². The van der Waals surface area contributed by atoms with E-state index in [0.29, 0.717) is 5.82 Å². The smallest absolute Gasteiger partial charge is 0.167 e. The van der Waals surface area contributed by atoms with Crippen LogP contribution in [0, 0.1) is 6.92 Å². The Morgan fingerprint density at radius 3 is 2.39 bits per heavy atom. The molecule has 0 aliphatic rings. The highest BCUT2D eigenvalue weighted by atomic mass is 32.1. The minimum Gasteiger partial charge on any atom is -0.494 e. The molecule has 0 aliphatic carbocycles. The highest BCUT2D eigenvalue weighted by Crippen LogP contribution is 2.14. The van der Waals surface area contributed by atoms with Crippen molar-refractivity contribution in [3.63, 3.8) is 0 Å². The second kappa shape index (κ2) is 7.66. The predicted octanol–water partition coefficient (Wildman–Crippen LogP) is 3.33. The molecule has 2 aromatic rings. The average molecular weight is 266 g/mol. The molecule has 0 aliphatic heterocycles. The summed E-state index contributed by atoms with van der Waals surface area (Å²) < 4.78 is 9.97. The molecule has 98 valence electrons. The highest BCUT2D eigenvalue weighted by Gasteiger charge is 1.90. The van der Waals surface area contributed by atoms with Gasteiger partial charge in [0.2, 0.25) is 0 Å². The number of nitrogens with two attached hydrogens (primary N) is 1. The number of aryl methyl sites for hydroxylation is 1. The maximum atomic E-state index is 5.38. The Hall–Kier alpha value is -1.62. The summed E-state index contributed by atoms with van der Waals surface area (Å²) in [5.74, 6) is 2.11. The summed E-state index contributed by atoms with van der Waals surface area (Å²) in [5, 5.41) is 3.42. The van der Waals surface area contributed by atoms with Crippen LogP contribution in [0.1, 0.15) is 19.1 Å². The number of rotatable bonds is 3. The third-order valence-corrected chi connectivity index (χ3v) is 2.25. The molecule has 1 aromatic carbocycles. The summed E-state index contributed by atoms with van der Waals surface area (Å²) in [6.45, 7) is 4.67. The molecule has 0 unspecified atom stereocenters. The third kappa shape index (κ3) is 5.63. The monoisotopic (exact) mass is 266 g/mol. The molecule has 0 spiro atoms. The summed E-state index contributed by atoms with van der Waals surface area (Å²) in [6, 6.07) is 9.37. The van der Waals surface area contributed by atoms with Gasteiger partial charge in [-0.25, -0.2) is 0 Å². The third-order valence-electron chi connectivity index (χ3n) is 1.96. The first-order valence-corrected chi connectivity index (χ1v) is 6.17. The van der Waals surface area contributed by atoms with E-state index in [1.807, 2.05) is 24.3 Å². The molecule has 2 N–H and O–H groups in total. The lowest BCUT2D eigenvalue weighted by Gasteiger charge is -2.02. The number of benzene rings is 1. The van der Waals surface area contributed by atoms with Crippen molar-refractivity contribution >= 4 is 18.4 Å². The SMILES string of the molecule is CCCOc1ccc(S)cc1.Cc1cc(N)no1. The summed E-state index contributed by atoms with van der Waals surface area (Å²) in [7, 11) is 0. The van der Waals surface area contributed by atoms with Gasteiger partial charge in [-0.05, 0) is 37.6 Å². The van der Waals surface area contributed by atoms with Gasteiger partial charge in [0.25, 0.3) is 0 Å². The number of hydrogen-bond acceptors (Lipinski definition) is 5. The van der Waals surface area contributed by atoms with Gasteiger partial charge in [0.05, 0.1) is 6.61 Å². The van der Waals surface area contributed by atoms with Crippen LogP contribution in [0.3, 0.4) is 0 Å². The molecule has 0 saturated carbocycles. The summed E-state index contributed by atoms with van der Waals surface area (Å²) in [6.07, 6.45) is 1.04. The van der Waals surface area contributed by atoms with Crippen LogP contribution in [0.5, 0.6) is 5.75 Å². The van der Waals surface area contributed by atoms with Crippen molar-refractivity contribution in [3.8, 4) is 5.75 Å². The van der Waals surface area contributed by atoms with Crippen LogP contribution in [0.4, 0.5) is 5.82 Å². The number of anilines is 1. The Balaban J connectivity index is 0.000000199. The molecule has 0 bridgehead atoms. The number of thiol groups is 1. The molecule has 1 heterocycles. The lowest BCUT2D eigenvalue weighted by Crippen LogP contribution is -1.93. The van der Waals surface area contributed by atoms with Gasteiger partial charge < -0.3 is 15.0 Å². The Morgan fingerprint density at radius 2 is 2.00 bits per heavy atom. The predicted molar refractivity (Wildman–Crippen MR) is 75.1 cm³/mol. The van der Waals surface area contributed by atoms with Crippen molar-refractivity contribution in [2.24, 2.45) is 0 Å². The standard InChI is InChI=1S/C9H12OS.C4H6N2O/c1-2-7-10-8-3-5-9(11)6-4-8;1-3-2-4(5)6-7-3/h3-6,11H,2,7H2,1H3;2H,1H3,(H2,5,6). The minimum atomic E-state index is 0.442. The van der Waals surface area contributed by atoms with Gasteiger partial charge in [-0.15, -0.1) is 12.6 Å². The zero-order valence-corrected chi connectivity index (χ0v) is 11.5. The first-order chi connectivity index (χ1) is 8.61. The lowest BCUT2D eigenvalue weighted by molar-refractivity contribution is 0.317. The Labute approximate surface area is 113 Å². The van der Waals surface area contributed by atoms with Crippen molar-refractivity contribution in [1.29, 1.82) is 0 Å². The normalized spacial score (nSPS) is 9.50. The molecular formula is C13H18N2O2S. The van der Waals surface area contributed by atoms with Crippen molar-refractivity contribution in [2.45, 2.75) is 25.2 Å². The molecule has 18 heavy (non-hydrogen) atoms. The van der Waals surface area contributed by atoms with Gasteiger partial charge in [0, 0.05) is 11.0 Å². The number of nitrogen functional groups attached to an aromatic ring is 1. The number of ether oxygens (including phenoxy) is 1. The zero-order chi connectivity index (χ0) is 13.4. The molecule has 0 fully saturated rings. The summed E-state index contributed by atoms with van der Waals surface area (Å²) >= 11 is 4.17. The molecule has 5 heteroatoms. The van der Waals surface area contributed by atoms with Crippen molar-refractivity contribution in [1.82, 2.24) is 5.16 Å². The van der Waals surface area contributed by atoms with E-state index < -0.39 is 0 Å². The van der Waals surface area contributed by atoms with Crippen LogP contribution in [-0.2, 0) is 0 Å². The van der Waals surface area contributed by atoms with E-state index in [1.165, 1.54) is 0 Å². The Kier molecular flexibility index (Phi) is 6.14. The fraction of sp³-hybridized carbons (Fsp3) is 0.308. The molecular weight excluding hydrogens is 248 g/mol. The molecule has 2 rings (SSSR count). The minimum absolute atomic E-state index is 0.442. The highest BCUT2D eigenvalue weighted by molar-refractivity contribution is 7.80. The maximum Gasteiger partial charge on any atom is 0.167 e. The molecule has 0 saturated heterocycles. The average Bonchev–Trinajstić information content (AvgIpc) is 2.73. The summed E-state index contributed by atoms with van der Waals surface area (Å²) in [5.41, 5.74) is 5.17. The van der Waals surface area contributed by atoms with Crippen molar-refractivity contribution < 1.29 is 9.26 Å². The van der Waals surface area contributed by atoms with Gasteiger partial charge in [-0.2, -0.15) is 0 Å². The van der Waals surface area contributed by atoms with E-state index in [9.17, 15) is 0 Å². The van der Waals surface area contributed by atoms with E-state index >= 15 is 0 Å². The van der Waals surface area contributed by atoms with Crippen molar-refractivity contribution in [2.75, 3.05) is 12.3 Å².